The van der Waals surface area contributed by atoms with Crippen LogP contribution in [-0.4, -0.2) is 16.1 Å². The number of nitrogens with zero attached hydrogens (tertiary/aromatic N) is 4. The van der Waals surface area contributed by atoms with Crippen LogP contribution in [0.25, 0.3) is 5.69 Å². The molecule has 0 spiro atoms. The van der Waals surface area contributed by atoms with Gasteiger partial charge in [-0.15, -0.1) is 0 Å². The molecule has 1 heterocycles. The maximum absolute atomic E-state index is 9.11. The molecular weight excluding hydrogens is 250 g/mol. The molecule has 1 aromatic heterocycles. The third kappa shape index (κ3) is 2.85. The summed E-state index contributed by atoms with van der Waals surface area (Å²) in [6.45, 7) is 3.95. The fourth-order valence-corrected chi connectivity index (χ4v) is 1.92. The van der Waals surface area contributed by atoms with Gasteiger partial charge in [0.15, 0.2) is 11.4 Å². The van der Waals surface area contributed by atoms with Crippen molar-refractivity contribution in [3.63, 3.8) is 0 Å². The third-order valence-electron chi connectivity index (χ3n) is 2.95. The molecule has 0 fully saturated rings. The third-order valence-corrected chi connectivity index (χ3v) is 2.95. The predicted molar refractivity (Wildman–Crippen MR) is 75.0 cm³/mol. The van der Waals surface area contributed by atoms with Crippen molar-refractivity contribution in [2.24, 2.45) is 0 Å². The molecule has 5 heteroatoms. The Morgan fingerprint density at radius 3 is 2.55 bits per heavy atom. The first-order valence-electron chi connectivity index (χ1n) is 6.47. The summed E-state index contributed by atoms with van der Waals surface area (Å²) in [4.78, 5) is 3.93. The summed E-state index contributed by atoms with van der Waals surface area (Å²) in [6, 6.07) is 11.8. The van der Waals surface area contributed by atoms with Crippen LogP contribution in [0.1, 0.15) is 30.3 Å². The van der Waals surface area contributed by atoms with Crippen molar-refractivity contribution >= 4 is 0 Å². The molecule has 0 aliphatic heterocycles. The van der Waals surface area contributed by atoms with E-state index < -0.39 is 0 Å². The highest BCUT2D eigenvalue weighted by Crippen LogP contribution is 2.14. The Morgan fingerprint density at radius 2 is 1.95 bits per heavy atom. The topological polar surface area (TPSA) is 77.4 Å². The van der Waals surface area contributed by atoms with Crippen LogP contribution in [0.3, 0.4) is 0 Å². The second-order valence-corrected chi connectivity index (χ2v) is 4.38. The Morgan fingerprint density at radius 1 is 1.20 bits per heavy atom. The van der Waals surface area contributed by atoms with Crippen molar-refractivity contribution < 1.29 is 0 Å². The molecule has 0 amide bonds. The standard InChI is InChI=1S/C15H15N5/c1-2-7-18-10-12-3-5-13(6-4-12)20-11-19-14(8-16)15(20)9-17/h3-6,11,18H,2,7,10H2,1H3. The molecule has 1 aromatic carbocycles. The molecule has 0 radical (unpaired) electrons. The van der Waals surface area contributed by atoms with Gasteiger partial charge in [0.25, 0.3) is 0 Å². The van der Waals surface area contributed by atoms with Crippen molar-refractivity contribution in [3.8, 4) is 17.8 Å². The van der Waals surface area contributed by atoms with Gasteiger partial charge in [0.2, 0.25) is 0 Å². The molecule has 1 N–H and O–H groups in total. The number of hydrogen-bond donors (Lipinski definition) is 1. The zero-order valence-electron chi connectivity index (χ0n) is 11.3. The summed E-state index contributed by atoms with van der Waals surface area (Å²) in [6.07, 6.45) is 2.61. The van der Waals surface area contributed by atoms with Crippen molar-refractivity contribution in [1.82, 2.24) is 14.9 Å². The lowest BCUT2D eigenvalue weighted by molar-refractivity contribution is 0.675. The lowest BCUT2D eigenvalue weighted by Gasteiger charge is -2.06. The van der Waals surface area contributed by atoms with Gasteiger partial charge in [-0.2, -0.15) is 10.5 Å². The summed E-state index contributed by atoms with van der Waals surface area (Å²) in [5.74, 6) is 0. The first kappa shape index (κ1) is 13.8. The van der Waals surface area contributed by atoms with Gasteiger partial charge in [-0.3, -0.25) is 4.57 Å². The van der Waals surface area contributed by atoms with E-state index in [2.05, 4.69) is 17.2 Å². The Labute approximate surface area is 118 Å². The van der Waals surface area contributed by atoms with Gasteiger partial charge < -0.3 is 5.32 Å². The Bertz CT molecular complexity index is 655. The van der Waals surface area contributed by atoms with E-state index in [0.717, 1.165) is 25.2 Å². The monoisotopic (exact) mass is 265 g/mol. The Balaban J connectivity index is 2.21. The highest BCUT2D eigenvalue weighted by molar-refractivity contribution is 5.44. The van der Waals surface area contributed by atoms with Crippen LogP contribution >= 0.6 is 0 Å². The van der Waals surface area contributed by atoms with Crippen molar-refractivity contribution in [3.05, 3.63) is 47.5 Å². The van der Waals surface area contributed by atoms with Gasteiger partial charge in [-0.25, -0.2) is 4.98 Å². The van der Waals surface area contributed by atoms with Crippen LogP contribution in [-0.2, 0) is 6.54 Å². The summed E-state index contributed by atoms with van der Waals surface area (Å²) < 4.78 is 1.63. The molecule has 0 bridgehead atoms. The average Bonchev–Trinajstić information content (AvgIpc) is 2.91. The highest BCUT2D eigenvalue weighted by Gasteiger charge is 2.11. The first-order valence-corrected chi connectivity index (χ1v) is 6.47. The zero-order valence-corrected chi connectivity index (χ0v) is 11.3. The van der Waals surface area contributed by atoms with Crippen LogP contribution in [0.5, 0.6) is 0 Å². The number of imidazole rings is 1. The predicted octanol–water partition coefficient (Wildman–Crippen LogP) is 2.12. The minimum absolute atomic E-state index is 0.154. The van der Waals surface area contributed by atoms with E-state index in [1.807, 2.05) is 36.4 Å². The highest BCUT2D eigenvalue weighted by atomic mass is 15.1. The quantitative estimate of drug-likeness (QED) is 0.840. The minimum Gasteiger partial charge on any atom is -0.313 e. The molecule has 100 valence electrons. The van der Waals surface area contributed by atoms with Gasteiger partial charge >= 0.3 is 0 Å². The molecule has 2 aromatic rings. The van der Waals surface area contributed by atoms with Crippen LogP contribution in [0.15, 0.2) is 30.6 Å². The summed E-state index contributed by atoms with van der Waals surface area (Å²) >= 11 is 0. The Kier molecular flexibility index (Phi) is 4.49. The zero-order chi connectivity index (χ0) is 14.4. The maximum atomic E-state index is 9.11. The SMILES string of the molecule is CCCNCc1ccc(-n2cnc(C#N)c2C#N)cc1. The van der Waals surface area contributed by atoms with Crippen LogP contribution < -0.4 is 5.32 Å². The number of benzene rings is 1. The van der Waals surface area contributed by atoms with Gasteiger partial charge in [-0.05, 0) is 30.7 Å². The van der Waals surface area contributed by atoms with E-state index in [1.54, 1.807) is 4.57 Å². The van der Waals surface area contributed by atoms with Crippen molar-refractivity contribution in [2.45, 2.75) is 19.9 Å². The number of aromatic nitrogens is 2. The summed E-state index contributed by atoms with van der Waals surface area (Å²) in [5.41, 5.74) is 2.43. The molecule has 0 aliphatic rings. The summed E-state index contributed by atoms with van der Waals surface area (Å²) in [5, 5.41) is 21.3. The minimum atomic E-state index is 0.154. The molecule has 0 saturated heterocycles. The smallest absolute Gasteiger partial charge is 0.177 e. The van der Waals surface area contributed by atoms with E-state index in [-0.39, 0.29) is 11.4 Å². The van der Waals surface area contributed by atoms with Gasteiger partial charge in [0, 0.05) is 12.2 Å². The first-order chi connectivity index (χ1) is 9.80. The van der Waals surface area contributed by atoms with Crippen molar-refractivity contribution in [2.75, 3.05) is 6.54 Å². The average molecular weight is 265 g/mol. The number of nitriles is 2. The number of hydrogen-bond acceptors (Lipinski definition) is 4. The van der Waals surface area contributed by atoms with Crippen LogP contribution in [0.2, 0.25) is 0 Å². The maximum Gasteiger partial charge on any atom is 0.177 e. The van der Waals surface area contributed by atoms with E-state index in [4.69, 9.17) is 10.5 Å². The van der Waals surface area contributed by atoms with Gasteiger partial charge in [0.1, 0.15) is 18.5 Å². The van der Waals surface area contributed by atoms with E-state index in [0.29, 0.717) is 0 Å². The molecule has 0 atom stereocenters. The fraction of sp³-hybridized carbons (Fsp3) is 0.267. The van der Waals surface area contributed by atoms with E-state index in [9.17, 15) is 0 Å². The summed E-state index contributed by atoms with van der Waals surface area (Å²) in [7, 11) is 0. The number of nitrogens with one attached hydrogen (secondary N) is 1. The van der Waals surface area contributed by atoms with Gasteiger partial charge in [0.05, 0.1) is 0 Å². The largest absolute Gasteiger partial charge is 0.313 e. The molecule has 0 aliphatic carbocycles. The molecule has 5 nitrogen and oxygen atoms in total. The van der Waals surface area contributed by atoms with Crippen LogP contribution in [0.4, 0.5) is 0 Å². The molecule has 0 saturated carbocycles. The van der Waals surface area contributed by atoms with Crippen molar-refractivity contribution in [1.29, 1.82) is 10.5 Å². The van der Waals surface area contributed by atoms with E-state index in [1.165, 1.54) is 11.9 Å². The normalized spacial score (nSPS) is 9.95. The molecular formula is C15H15N5. The Hall–Kier alpha value is -2.63. The second kappa shape index (κ2) is 6.51. The second-order valence-electron chi connectivity index (χ2n) is 4.38. The lowest BCUT2D eigenvalue weighted by atomic mass is 10.2. The van der Waals surface area contributed by atoms with E-state index >= 15 is 0 Å². The van der Waals surface area contributed by atoms with Crippen LogP contribution in [0, 0.1) is 22.7 Å². The fourth-order valence-electron chi connectivity index (χ4n) is 1.92. The number of rotatable bonds is 5. The molecule has 2 rings (SSSR count). The van der Waals surface area contributed by atoms with Gasteiger partial charge in [-0.1, -0.05) is 19.1 Å². The molecule has 0 unspecified atom stereocenters. The lowest BCUT2D eigenvalue weighted by Crippen LogP contribution is -2.13. The molecule has 20 heavy (non-hydrogen) atoms.